The quantitative estimate of drug-likeness (QED) is 0.153. The molecule has 4 aliphatic carbocycles. The van der Waals surface area contributed by atoms with Gasteiger partial charge in [0.15, 0.2) is 0 Å². The number of benzene rings is 2. The number of nitrogens with one attached hydrogen (secondary N) is 1. The lowest BCUT2D eigenvalue weighted by Gasteiger charge is -2.57. The highest BCUT2D eigenvalue weighted by Gasteiger charge is 2.51. The van der Waals surface area contributed by atoms with Crippen molar-refractivity contribution in [3.8, 4) is 5.69 Å². The molecular weight excluding hydrogens is 520 g/mol. The third-order valence-electron chi connectivity index (χ3n) is 9.55. The number of hydrogen-bond acceptors (Lipinski definition) is 5. The molecule has 0 unspecified atom stereocenters. The molecule has 4 aromatic rings. The zero-order valence-electron chi connectivity index (χ0n) is 22.7. The molecule has 0 aliphatic heterocycles. The number of thiophene rings is 1. The predicted molar refractivity (Wildman–Crippen MR) is 159 cm³/mol. The fourth-order valence-corrected chi connectivity index (χ4v) is 9.15. The highest BCUT2D eigenvalue weighted by atomic mass is 32.1. The van der Waals surface area contributed by atoms with Crippen molar-refractivity contribution in [1.82, 2.24) is 9.99 Å². The van der Waals surface area contributed by atoms with Crippen molar-refractivity contribution in [1.29, 1.82) is 0 Å². The molecule has 204 valence electrons. The number of fused-ring (bicyclic) bond motifs is 1. The Labute approximate surface area is 237 Å². The molecule has 0 atom stereocenters. The molecule has 8 heteroatoms. The first-order valence-corrected chi connectivity index (χ1v) is 14.9. The number of nitro benzene ring substituents is 1. The molecule has 0 saturated heterocycles. The minimum Gasteiger partial charge on any atom is -0.318 e. The number of hydrogen-bond donors (Lipinski definition) is 1. The van der Waals surface area contributed by atoms with E-state index in [1.807, 2.05) is 0 Å². The van der Waals surface area contributed by atoms with Crippen molar-refractivity contribution >= 4 is 39.2 Å². The van der Waals surface area contributed by atoms with Crippen LogP contribution in [-0.2, 0) is 5.41 Å². The molecule has 1 amide bonds. The lowest BCUT2D eigenvalue weighted by molar-refractivity contribution is -0.384. The Morgan fingerprint density at radius 1 is 1.02 bits per heavy atom. The first kappa shape index (κ1) is 25.2. The van der Waals surface area contributed by atoms with Gasteiger partial charge in [0.2, 0.25) is 0 Å². The van der Waals surface area contributed by atoms with E-state index in [0.717, 1.165) is 45.1 Å². The number of aryl methyl sites for hydroxylation is 1. The highest BCUT2D eigenvalue weighted by molar-refractivity contribution is 7.20. The Hall–Kier alpha value is -3.78. The Balaban J connectivity index is 1.07. The summed E-state index contributed by atoms with van der Waals surface area (Å²) in [7, 11) is 0. The van der Waals surface area contributed by atoms with Gasteiger partial charge in [-0.2, -0.15) is 5.10 Å². The number of carbonyl (C=O) groups is 1. The van der Waals surface area contributed by atoms with Crippen LogP contribution in [0.15, 0.2) is 59.7 Å². The summed E-state index contributed by atoms with van der Waals surface area (Å²) < 4.78 is 3.06. The monoisotopic (exact) mass is 552 g/mol. The van der Waals surface area contributed by atoms with Crippen molar-refractivity contribution in [3.63, 3.8) is 0 Å². The van der Waals surface area contributed by atoms with Crippen LogP contribution in [0.4, 0.5) is 5.69 Å². The maximum Gasteiger partial charge on any atom is 0.281 e. The summed E-state index contributed by atoms with van der Waals surface area (Å²) in [6, 6.07) is 17.6. The van der Waals surface area contributed by atoms with Gasteiger partial charge >= 0.3 is 0 Å². The second-order valence-electron chi connectivity index (χ2n) is 12.2. The van der Waals surface area contributed by atoms with E-state index in [9.17, 15) is 14.9 Å². The van der Waals surface area contributed by atoms with Gasteiger partial charge in [-0.05, 0) is 111 Å². The first-order valence-electron chi connectivity index (χ1n) is 14.1. The third kappa shape index (κ3) is 4.25. The van der Waals surface area contributed by atoms with Crippen LogP contribution in [-0.4, -0.2) is 21.6 Å². The van der Waals surface area contributed by atoms with Crippen LogP contribution >= 0.6 is 11.3 Å². The predicted octanol–water partition coefficient (Wildman–Crippen LogP) is 7.45. The molecule has 0 radical (unpaired) electrons. The Morgan fingerprint density at radius 2 is 1.70 bits per heavy atom. The Bertz CT molecular complexity index is 1640. The molecule has 2 aromatic heterocycles. The number of hydrazone groups is 1. The van der Waals surface area contributed by atoms with E-state index in [0.29, 0.717) is 15.7 Å². The molecule has 2 aromatic carbocycles. The van der Waals surface area contributed by atoms with Gasteiger partial charge in [0, 0.05) is 44.9 Å². The van der Waals surface area contributed by atoms with Gasteiger partial charge in [0.25, 0.3) is 11.6 Å². The van der Waals surface area contributed by atoms with E-state index in [-0.39, 0.29) is 11.6 Å². The number of amides is 1. The summed E-state index contributed by atoms with van der Waals surface area (Å²) in [4.78, 5) is 23.8. The maximum absolute atomic E-state index is 12.7. The van der Waals surface area contributed by atoms with Gasteiger partial charge in [0.05, 0.1) is 16.0 Å². The zero-order chi connectivity index (χ0) is 27.6. The van der Waals surface area contributed by atoms with Crippen LogP contribution < -0.4 is 5.43 Å². The lowest BCUT2D eigenvalue weighted by atomic mass is 9.48. The molecule has 2 heterocycles. The van der Waals surface area contributed by atoms with Crippen LogP contribution in [0.25, 0.3) is 15.8 Å². The van der Waals surface area contributed by atoms with Gasteiger partial charge in [0.1, 0.15) is 0 Å². The summed E-state index contributed by atoms with van der Waals surface area (Å²) in [5.41, 5.74) is 8.80. The molecule has 1 N–H and O–H groups in total. The summed E-state index contributed by atoms with van der Waals surface area (Å²) in [6.07, 6.45) is 10.2. The minimum absolute atomic E-state index is 0.00743. The number of carbonyl (C=O) groups excluding carboxylic acids is 1. The summed E-state index contributed by atoms with van der Waals surface area (Å²) >= 11 is 1.29. The van der Waals surface area contributed by atoms with E-state index in [1.54, 1.807) is 18.3 Å². The SMILES string of the molecule is Cc1cc(/C=N\NC(=O)c2cc3cc([N+](=O)[O-])ccc3s2)c(C)n1-c1ccc(C23CC4CC(CC(C4)C2)C3)cc1. The van der Waals surface area contributed by atoms with Crippen molar-refractivity contribution in [2.45, 2.75) is 57.8 Å². The number of nitro groups is 1. The summed E-state index contributed by atoms with van der Waals surface area (Å²) in [5.74, 6) is 2.46. The second kappa shape index (κ2) is 9.41. The Kier molecular flexibility index (Phi) is 5.93. The molecular formula is C32H32N4O3S. The summed E-state index contributed by atoms with van der Waals surface area (Å²) in [5, 5.41) is 15.9. The van der Waals surface area contributed by atoms with Crippen LogP contribution in [0.5, 0.6) is 0 Å². The van der Waals surface area contributed by atoms with Gasteiger partial charge in [-0.3, -0.25) is 14.9 Å². The molecule has 4 fully saturated rings. The Morgan fingerprint density at radius 3 is 2.35 bits per heavy atom. The molecule has 4 aliphatic rings. The summed E-state index contributed by atoms with van der Waals surface area (Å²) in [6.45, 7) is 4.16. The molecule has 7 nitrogen and oxygen atoms in total. The standard InChI is InChI=1S/C32H32N4O3S/c1-19-9-25(18-33-34-31(37)30-14-24-13-28(36(38)39)7-8-29(24)40-30)20(2)35(19)27-5-3-26(4-6-27)32-15-21-10-22(16-32)12-23(11-21)17-32/h3-9,13-14,18,21-23H,10-12,15-17H2,1-2H3,(H,34,37)/b33-18-. The largest absolute Gasteiger partial charge is 0.318 e. The number of rotatable bonds is 6. The molecule has 4 saturated carbocycles. The van der Waals surface area contributed by atoms with E-state index >= 15 is 0 Å². The minimum atomic E-state index is -0.435. The van der Waals surface area contributed by atoms with Gasteiger partial charge in [-0.25, -0.2) is 5.43 Å². The van der Waals surface area contributed by atoms with Crippen LogP contribution in [0.3, 0.4) is 0 Å². The topological polar surface area (TPSA) is 89.5 Å². The second-order valence-corrected chi connectivity index (χ2v) is 13.3. The number of nitrogens with zero attached hydrogens (tertiary/aromatic N) is 3. The van der Waals surface area contributed by atoms with Gasteiger partial charge in [-0.1, -0.05) is 12.1 Å². The van der Waals surface area contributed by atoms with E-state index < -0.39 is 4.92 Å². The average Bonchev–Trinajstić information content (AvgIpc) is 3.47. The lowest BCUT2D eigenvalue weighted by Crippen LogP contribution is -2.48. The fourth-order valence-electron chi connectivity index (χ4n) is 8.22. The van der Waals surface area contributed by atoms with Crippen molar-refractivity contribution in [3.05, 3.63) is 92.1 Å². The fraction of sp³-hybridized carbons (Fsp3) is 0.375. The van der Waals surface area contributed by atoms with E-state index in [4.69, 9.17) is 0 Å². The molecule has 4 bridgehead atoms. The maximum atomic E-state index is 12.7. The zero-order valence-corrected chi connectivity index (χ0v) is 23.5. The molecule has 0 spiro atoms. The molecule has 40 heavy (non-hydrogen) atoms. The number of non-ortho nitro benzene ring substituents is 1. The van der Waals surface area contributed by atoms with Crippen LogP contribution in [0.2, 0.25) is 0 Å². The average molecular weight is 553 g/mol. The normalized spacial score (nSPS) is 25.2. The van der Waals surface area contributed by atoms with E-state index in [2.05, 4.69) is 59.3 Å². The number of aromatic nitrogens is 1. The van der Waals surface area contributed by atoms with Gasteiger partial charge in [-0.15, -0.1) is 11.3 Å². The highest BCUT2D eigenvalue weighted by Crippen LogP contribution is 2.60. The van der Waals surface area contributed by atoms with Crippen molar-refractivity contribution in [2.24, 2.45) is 22.9 Å². The smallest absolute Gasteiger partial charge is 0.281 e. The van der Waals surface area contributed by atoms with Crippen molar-refractivity contribution in [2.75, 3.05) is 0 Å². The van der Waals surface area contributed by atoms with Crippen molar-refractivity contribution < 1.29 is 9.72 Å². The first-order chi connectivity index (χ1) is 19.3. The van der Waals surface area contributed by atoms with E-state index in [1.165, 1.54) is 67.6 Å². The third-order valence-corrected chi connectivity index (χ3v) is 10.7. The van der Waals surface area contributed by atoms with Gasteiger partial charge < -0.3 is 4.57 Å². The van der Waals surface area contributed by atoms with Crippen LogP contribution in [0.1, 0.15) is 70.7 Å². The molecule has 8 rings (SSSR count). The van der Waals surface area contributed by atoms with Crippen LogP contribution in [0, 0.1) is 41.7 Å².